The van der Waals surface area contributed by atoms with E-state index in [1.54, 1.807) is 19.2 Å². The molecule has 0 N–H and O–H groups in total. The molecule has 2 fully saturated rings. The summed E-state index contributed by atoms with van der Waals surface area (Å²) in [6.07, 6.45) is 0. The topological polar surface area (TPSA) is 24.9 Å². The van der Waals surface area contributed by atoms with E-state index in [9.17, 15) is 0 Å². The predicted octanol–water partition coefficient (Wildman–Crippen LogP) is 5.37. The van der Waals surface area contributed by atoms with Crippen molar-refractivity contribution >= 4 is 15.9 Å². The van der Waals surface area contributed by atoms with Crippen LogP contribution in [0.4, 0.5) is 4.39 Å². The molecule has 0 amide bonds. The molecule has 3 aromatic carbocycles. The number of rotatable bonds is 6. The third kappa shape index (κ3) is 3.97. The molecule has 2 atom stereocenters. The molecule has 6 heteroatoms. The normalized spacial score (nSPS) is 23.4. The number of benzene rings is 3. The number of hydrogen-bond donors (Lipinski definition) is 0. The van der Waals surface area contributed by atoms with Crippen molar-refractivity contribution in [2.45, 2.75) is 18.6 Å². The molecule has 166 valence electrons. The van der Waals surface area contributed by atoms with Gasteiger partial charge in [-0.2, -0.15) is 5.06 Å². The smallest absolute Gasteiger partial charge is 0.128 e. The molecule has 32 heavy (non-hydrogen) atoms. The Labute approximate surface area is 196 Å². The summed E-state index contributed by atoms with van der Waals surface area (Å²) in [5, 5.41) is 2.01. The SMILES string of the molecule is COc1ccc(CN2OC[C@@H]3CN(Cc4ccccc4)C[C@@]32c2cc(Br)ccc2F)cc1. The van der Waals surface area contributed by atoms with Crippen LogP contribution in [0.15, 0.2) is 77.3 Å². The molecular formula is C26H26BrFN2O2. The number of fused-ring (bicyclic) bond motifs is 1. The molecule has 2 saturated heterocycles. The highest BCUT2D eigenvalue weighted by Crippen LogP contribution is 2.49. The lowest BCUT2D eigenvalue weighted by atomic mass is 9.81. The van der Waals surface area contributed by atoms with Crippen molar-refractivity contribution in [3.63, 3.8) is 0 Å². The second-order valence-electron chi connectivity index (χ2n) is 8.58. The van der Waals surface area contributed by atoms with E-state index >= 15 is 4.39 Å². The van der Waals surface area contributed by atoms with Gasteiger partial charge in [0, 0.05) is 35.6 Å². The first-order valence-corrected chi connectivity index (χ1v) is 11.6. The molecule has 2 aliphatic heterocycles. The largest absolute Gasteiger partial charge is 0.497 e. The molecule has 0 aromatic heterocycles. The highest BCUT2D eigenvalue weighted by atomic mass is 79.9. The Morgan fingerprint density at radius 3 is 2.53 bits per heavy atom. The summed E-state index contributed by atoms with van der Waals surface area (Å²) >= 11 is 3.56. The lowest BCUT2D eigenvalue weighted by molar-refractivity contribution is -0.178. The van der Waals surface area contributed by atoms with Gasteiger partial charge in [0.25, 0.3) is 0 Å². The van der Waals surface area contributed by atoms with Gasteiger partial charge >= 0.3 is 0 Å². The van der Waals surface area contributed by atoms with Crippen molar-refractivity contribution in [2.24, 2.45) is 5.92 Å². The molecule has 3 aromatic rings. The van der Waals surface area contributed by atoms with Gasteiger partial charge in [-0.05, 0) is 41.5 Å². The molecule has 2 heterocycles. The van der Waals surface area contributed by atoms with Gasteiger partial charge in [0.2, 0.25) is 0 Å². The van der Waals surface area contributed by atoms with Gasteiger partial charge in [0.15, 0.2) is 0 Å². The maximum Gasteiger partial charge on any atom is 0.128 e. The number of nitrogens with zero attached hydrogens (tertiary/aromatic N) is 2. The summed E-state index contributed by atoms with van der Waals surface area (Å²) in [5.74, 6) is 0.801. The summed E-state index contributed by atoms with van der Waals surface area (Å²) in [6, 6.07) is 23.7. The molecule has 0 aliphatic carbocycles. The summed E-state index contributed by atoms with van der Waals surface area (Å²) in [7, 11) is 1.66. The Bertz CT molecular complexity index is 1080. The Morgan fingerprint density at radius 1 is 1.03 bits per heavy atom. The number of halogens is 2. The van der Waals surface area contributed by atoms with Crippen LogP contribution in [0.25, 0.3) is 0 Å². The van der Waals surface area contributed by atoms with E-state index in [1.165, 1.54) is 5.56 Å². The number of hydroxylamine groups is 2. The molecular weight excluding hydrogens is 471 g/mol. The lowest BCUT2D eigenvalue weighted by Crippen LogP contribution is -2.46. The fourth-order valence-electron chi connectivity index (χ4n) is 5.08. The Morgan fingerprint density at radius 2 is 1.78 bits per heavy atom. The van der Waals surface area contributed by atoms with E-state index in [0.717, 1.165) is 28.9 Å². The number of hydrogen-bond acceptors (Lipinski definition) is 4. The molecule has 0 saturated carbocycles. The second-order valence-corrected chi connectivity index (χ2v) is 9.50. The van der Waals surface area contributed by atoms with Crippen molar-refractivity contribution in [3.8, 4) is 5.75 Å². The van der Waals surface area contributed by atoms with Crippen LogP contribution >= 0.6 is 15.9 Å². The van der Waals surface area contributed by atoms with E-state index in [0.29, 0.717) is 25.3 Å². The Hall–Kier alpha value is -2.25. The van der Waals surface area contributed by atoms with Crippen molar-refractivity contribution in [3.05, 3.63) is 99.8 Å². The standard InChI is InChI=1S/C26H26BrFN2O2/c1-31-23-10-7-20(8-11-23)15-30-26(24-13-22(27)9-12-25(24)28)18-29(16-21(26)17-32-30)14-19-5-3-2-4-6-19/h2-13,21H,14-18H2,1H3/t21-,26-/m0/s1. The number of methoxy groups -OCH3 is 1. The lowest BCUT2D eigenvalue weighted by Gasteiger charge is -2.37. The molecule has 5 rings (SSSR count). The van der Waals surface area contributed by atoms with Crippen LogP contribution in [0.1, 0.15) is 16.7 Å². The molecule has 4 nitrogen and oxygen atoms in total. The van der Waals surface area contributed by atoms with Crippen molar-refractivity contribution in [2.75, 3.05) is 26.8 Å². The quantitative estimate of drug-likeness (QED) is 0.457. The third-order valence-corrected chi connectivity index (χ3v) is 7.12. The number of likely N-dealkylation sites (tertiary alicyclic amines) is 1. The minimum Gasteiger partial charge on any atom is -0.497 e. The zero-order valence-electron chi connectivity index (χ0n) is 18.0. The average Bonchev–Trinajstić information content (AvgIpc) is 3.33. The van der Waals surface area contributed by atoms with Crippen LogP contribution < -0.4 is 4.74 Å². The highest BCUT2D eigenvalue weighted by molar-refractivity contribution is 9.10. The Kier molecular flexibility index (Phi) is 6.03. The number of ether oxygens (including phenoxy) is 1. The van der Waals surface area contributed by atoms with Crippen LogP contribution in [0.3, 0.4) is 0 Å². The van der Waals surface area contributed by atoms with Gasteiger partial charge in [-0.25, -0.2) is 4.39 Å². The van der Waals surface area contributed by atoms with Crippen LogP contribution in [0, 0.1) is 11.7 Å². The van der Waals surface area contributed by atoms with Crippen LogP contribution in [0.2, 0.25) is 0 Å². The molecule has 0 spiro atoms. The van der Waals surface area contributed by atoms with Crippen molar-refractivity contribution in [1.29, 1.82) is 0 Å². The Balaban J connectivity index is 1.50. The van der Waals surface area contributed by atoms with Gasteiger partial charge in [0.05, 0.1) is 25.8 Å². The highest BCUT2D eigenvalue weighted by Gasteiger charge is 2.57. The van der Waals surface area contributed by atoms with Crippen molar-refractivity contribution in [1.82, 2.24) is 9.96 Å². The van der Waals surface area contributed by atoms with Gasteiger partial charge in [-0.1, -0.05) is 58.4 Å². The van der Waals surface area contributed by atoms with E-state index in [-0.39, 0.29) is 11.7 Å². The molecule has 0 radical (unpaired) electrons. The first-order valence-electron chi connectivity index (χ1n) is 10.8. The summed E-state index contributed by atoms with van der Waals surface area (Å²) in [6.45, 7) is 3.56. The van der Waals surface area contributed by atoms with E-state index in [2.05, 4.69) is 45.1 Å². The maximum atomic E-state index is 15.3. The van der Waals surface area contributed by atoms with Crippen LogP contribution in [-0.2, 0) is 23.5 Å². The monoisotopic (exact) mass is 496 g/mol. The van der Waals surface area contributed by atoms with Gasteiger partial charge in [-0.3, -0.25) is 9.74 Å². The molecule has 0 bridgehead atoms. The zero-order valence-corrected chi connectivity index (χ0v) is 19.6. The second kappa shape index (κ2) is 8.94. The third-order valence-electron chi connectivity index (χ3n) is 6.62. The maximum absolute atomic E-state index is 15.3. The van der Waals surface area contributed by atoms with Gasteiger partial charge in [0.1, 0.15) is 11.6 Å². The first-order chi connectivity index (χ1) is 15.6. The van der Waals surface area contributed by atoms with Gasteiger partial charge in [-0.15, -0.1) is 0 Å². The fraction of sp³-hybridized carbons (Fsp3) is 0.308. The molecule has 0 unspecified atom stereocenters. The van der Waals surface area contributed by atoms with Gasteiger partial charge < -0.3 is 4.74 Å². The summed E-state index contributed by atoms with van der Waals surface area (Å²) < 4.78 is 21.4. The van der Waals surface area contributed by atoms with Crippen molar-refractivity contribution < 1.29 is 14.0 Å². The zero-order chi connectivity index (χ0) is 22.1. The first kappa shape index (κ1) is 21.6. The van der Waals surface area contributed by atoms with E-state index < -0.39 is 5.54 Å². The van der Waals surface area contributed by atoms with E-state index in [1.807, 2.05) is 41.5 Å². The van der Waals surface area contributed by atoms with Crippen LogP contribution in [0.5, 0.6) is 5.75 Å². The minimum absolute atomic E-state index is 0.174. The van der Waals surface area contributed by atoms with Crippen LogP contribution in [-0.4, -0.2) is 36.8 Å². The van der Waals surface area contributed by atoms with E-state index in [4.69, 9.17) is 9.57 Å². The summed E-state index contributed by atoms with van der Waals surface area (Å²) in [4.78, 5) is 8.65. The summed E-state index contributed by atoms with van der Waals surface area (Å²) in [5.41, 5.74) is 2.50. The predicted molar refractivity (Wildman–Crippen MR) is 125 cm³/mol. The minimum atomic E-state index is -0.553. The fourth-order valence-corrected chi connectivity index (χ4v) is 5.44. The average molecular weight is 497 g/mol. The molecule has 2 aliphatic rings.